The molecule has 6 heteroatoms. The molecule has 0 aromatic heterocycles. The van der Waals surface area contributed by atoms with Crippen molar-refractivity contribution in [2.24, 2.45) is 0 Å². The first-order valence-electron chi connectivity index (χ1n) is 7.08. The molecule has 1 aromatic carbocycles. The Bertz CT molecular complexity index is 566. The van der Waals surface area contributed by atoms with Crippen LogP contribution in [0.4, 0.5) is 0 Å². The van der Waals surface area contributed by atoms with Crippen molar-refractivity contribution >= 4 is 18.9 Å². The molecule has 112 valence electrons. The zero-order chi connectivity index (χ0) is 15.3. The van der Waals surface area contributed by atoms with Gasteiger partial charge in [0.1, 0.15) is 19.5 Å². The highest BCUT2D eigenvalue weighted by Gasteiger charge is 2.53. The van der Waals surface area contributed by atoms with Crippen molar-refractivity contribution in [3.05, 3.63) is 17.7 Å². The van der Waals surface area contributed by atoms with E-state index in [9.17, 15) is 4.79 Å². The molecule has 1 saturated heterocycles. The summed E-state index contributed by atoms with van der Waals surface area (Å²) in [5.41, 5.74) is 0.325. The van der Waals surface area contributed by atoms with Gasteiger partial charge in [0.15, 0.2) is 11.5 Å². The molecule has 0 aliphatic carbocycles. The van der Waals surface area contributed by atoms with Gasteiger partial charge in [-0.05, 0) is 39.8 Å². The second-order valence-corrected chi connectivity index (χ2v) is 6.34. The van der Waals surface area contributed by atoms with E-state index in [1.54, 1.807) is 12.1 Å². The minimum Gasteiger partial charge on any atom is -0.487 e. The number of hydrogen-bond donors (Lipinski definition) is 0. The van der Waals surface area contributed by atoms with E-state index in [1.165, 1.54) is 0 Å². The number of ether oxygens (including phenoxy) is 2. The van der Waals surface area contributed by atoms with Crippen LogP contribution in [0.3, 0.4) is 0 Å². The van der Waals surface area contributed by atoms with Crippen LogP contribution in [0.15, 0.2) is 12.1 Å². The molecule has 3 rings (SSSR count). The van der Waals surface area contributed by atoms with Gasteiger partial charge in [-0.2, -0.15) is 0 Å². The van der Waals surface area contributed by atoms with Gasteiger partial charge < -0.3 is 18.8 Å². The minimum absolute atomic E-state index is 0.447. The topological polar surface area (TPSA) is 54.0 Å². The van der Waals surface area contributed by atoms with Gasteiger partial charge in [-0.3, -0.25) is 4.79 Å². The predicted molar refractivity (Wildman–Crippen MR) is 78.5 cm³/mol. The number of aldehydes is 1. The molecule has 0 atom stereocenters. The number of hydrogen-bond acceptors (Lipinski definition) is 5. The third kappa shape index (κ3) is 2.32. The summed E-state index contributed by atoms with van der Waals surface area (Å²) in [6, 6.07) is 3.42. The van der Waals surface area contributed by atoms with E-state index in [0.29, 0.717) is 35.7 Å². The lowest BCUT2D eigenvalue weighted by molar-refractivity contribution is 0.00578. The van der Waals surface area contributed by atoms with Gasteiger partial charge in [0.25, 0.3) is 0 Å². The number of benzene rings is 1. The first-order chi connectivity index (χ1) is 9.84. The summed E-state index contributed by atoms with van der Waals surface area (Å²) >= 11 is 0. The van der Waals surface area contributed by atoms with E-state index in [0.717, 1.165) is 6.29 Å². The molecule has 21 heavy (non-hydrogen) atoms. The molecule has 2 aliphatic rings. The highest BCUT2D eigenvalue weighted by molar-refractivity contribution is 6.63. The Hall–Kier alpha value is -1.53. The summed E-state index contributed by atoms with van der Waals surface area (Å²) in [7, 11) is -0.578. The highest BCUT2D eigenvalue weighted by Crippen LogP contribution is 2.39. The second-order valence-electron chi connectivity index (χ2n) is 6.34. The van der Waals surface area contributed by atoms with Crippen LogP contribution in [0, 0.1) is 0 Å². The summed E-state index contributed by atoms with van der Waals surface area (Å²) in [6.07, 6.45) is 0.785. The van der Waals surface area contributed by atoms with Crippen LogP contribution < -0.4 is 14.9 Å². The standard InChI is InChI=1S/C15H19BO5/c1-14(2)15(3,4)21-16(20-14)11-7-10(9-17)8-12-13(11)19-6-5-18-12/h7-9H,5-6H2,1-4H3. The summed E-state index contributed by atoms with van der Waals surface area (Å²) in [5.74, 6) is 1.17. The molecule has 0 unspecified atom stereocenters. The third-order valence-electron chi connectivity index (χ3n) is 4.34. The van der Waals surface area contributed by atoms with E-state index in [-0.39, 0.29) is 0 Å². The zero-order valence-electron chi connectivity index (χ0n) is 12.8. The quantitative estimate of drug-likeness (QED) is 0.611. The Labute approximate surface area is 124 Å². The van der Waals surface area contributed by atoms with Crippen molar-refractivity contribution in [1.29, 1.82) is 0 Å². The summed E-state index contributed by atoms with van der Waals surface area (Å²) in [6.45, 7) is 8.89. The Balaban J connectivity index is 2.05. The maximum atomic E-state index is 11.1. The Morgan fingerprint density at radius 3 is 2.29 bits per heavy atom. The zero-order valence-corrected chi connectivity index (χ0v) is 12.8. The molecule has 0 N–H and O–H groups in total. The number of rotatable bonds is 2. The molecule has 0 amide bonds. The minimum atomic E-state index is -0.578. The van der Waals surface area contributed by atoms with Gasteiger partial charge in [0.2, 0.25) is 0 Å². The largest absolute Gasteiger partial charge is 0.498 e. The fraction of sp³-hybridized carbons (Fsp3) is 0.533. The van der Waals surface area contributed by atoms with Crippen molar-refractivity contribution in [3.8, 4) is 11.5 Å². The van der Waals surface area contributed by atoms with Crippen LogP contribution in [-0.2, 0) is 9.31 Å². The lowest BCUT2D eigenvalue weighted by atomic mass is 9.77. The molecule has 5 nitrogen and oxygen atoms in total. The van der Waals surface area contributed by atoms with Crippen LogP contribution in [0.25, 0.3) is 0 Å². The molecular weight excluding hydrogens is 271 g/mol. The normalized spacial score (nSPS) is 22.2. The molecule has 0 saturated carbocycles. The maximum Gasteiger partial charge on any atom is 0.498 e. The van der Waals surface area contributed by atoms with Crippen molar-refractivity contribution < 1.29 is 23.6 Å². The van der Waals surface area contributed by atoms with Gasteiger partial charge in [0.05, 0.1) is 11.2 Å². The smallest absolute Gasteiger partial charge is 0.487 e. The number of carbonyl (C=O) groups excluding carboxylic acids is 1. The molecule has 0 spiro atoms. The van der Waals surface area contributed by atoms with Crippen molar-refractivity contribution in [1.82, 2.24) is 0 Å². The van der Waals surface area contributed by atoms with E-state index in [1.807, 2.05) is 27.7 Å². The van der Waals surface area contributed by atoms with Crippen LogP contribution in [0.1, 0.15) is 38.1 Å². The molecule has 0 bridgehead atoms. The van der Waals surface area contributed by atoms with E-state index in [4.69, 9.17) is 18.8 Å². The second kappa shape index (κ2) is 4.75. The van der Waals surface area contributed by atoms with E-state index in [2.05, 4.69) is 0 Å². The SMILES string of the molecule is CC1(C)OB(c2cc(C=O)cc3c2OCCO3)OC1(C)C. The lowest BCUT2D eigenvalue weighted by Gasteiger charge is -2.32. The molecule has 2 heterocycles. The Morgan fingerprint density at radius 2 is 1.67 bits per heavy atom. The molecule has 2 aliphatic heterocycles. The molecule has 0 radical (unpaired) electrons. The summed E-state index contributed by atoms with van der Waals surface area (Å²) in [5, 5.41) is 0. The van der Waals surface area contributed by atoms with E-state index < -0.39 is 18.3 Å². The molecular formula is C15H19BO5. The number of carbonyl (C=O) groups is 1. The van der Waals surface area contributed by atoms with Crippen LogP contribution in [0.5, 0.6) is 11.5 Å². The molecule has 1 fully saturated rings. The maximum absolute atomic E-state index is 11.1. The van der Waals surface area contributed by atoms with Gasteiger partial charge >= 0.3 is 7.12 Å². The first kappa shape index (κ1) is 14.4. The van der Waals surface area contributed by atoms with Crippen LogP contribution in [0.2, 0.25) is 0 Å². The fourth-order valence-corrected chi connectivity index (χ4v) is 2.42. The van der Waals surface area contributed by atoms with Gasteiger partial charge in [-0.15, -0.1) is 0 Å². The lowest BCUT2D eigenvalue weighted by Crippen LogP contribution is -2.41. The van der Waals surface area contributed by atoms with Crippen molar-refractivity contribution in [2.75, 3.05) is 13.2 Å². The van der Waals surface area contributed by atoms with E-state index >= 15 is 0 Å². The van der Waals surface area contributed by atoms with Crippen LogP contribution >= 0.6 is 0 Å². The average Bonchev–Trinajstić information content (AvgIpc) is 2.66. The van der Waals surface area contributed by atoms with Gasteiger partial charge in [0, 0.05) is 11.0 Å². The highest BCUT2D eigenvalue weighted by atomic mass is 16.7. The van der Waals surface area contributed by atoms with Gasteiger partial charge in [-0.25, -0.2) is 0 Å². The Morgan fingerprint density at radius 1 is 1.05 bits per heavy atom. The fourth-order valence-electron chi connectivity index (χ4n) is 2.42. The average molecular weight is 290 g/mol. The summed E-state index contributed by atoms with van der Waals surface area (Å²) < 4.78 is 23.4. The van der Waals surface area contributed by atoms with Crippen molar-refractivity contribution in [2.45, 2.75) is 38.9 Å². The van der Waals surface area contributed by atoms with Crippen LogP contribution in [-0.4, -0.2) is 37.8 Å². The van der Waals surface area contributed by atoms with Gasteiger partial charge in [-0.1, -0.05) is 0 Å². The number of fused-ring (bicyclic) bond motifs is 1. The first-order valence-corrected chi connectivity index (χ1v) is 7.08. The summed E-state index contributed by atoms with van der Waals surface area (Å²) in [4.78, 5) is 11.1. The molecule has 1 aromatic rings. The Kier molecular flexibility index (Phi) is 3.26. The van der Waals surface area contributed by atoms with Crippen molar-refractivity contribution in [3.63, 3.8) is 0 Å². The predicted octanol–water partition coefficient (Wildman–Crippen LogP) is 1.57. The third-order valence-corrected chi connectivity index (χ3v) is 4.34. The monoisotopic (exact) mass is 290 g/mol.